The topological polar surface area (TPSA) is 75.6 Å². The molecular formula is C17H16ClNO4. The van der Waals surface area contributed by atoms with Crippen molar-refractivity contribution in [1.82, 2.24) is 5.32 Å². The van der Waals surface area contributed by atoms with Gasteiger partial charge in [0.15, 0.2) is 0 Å². The maximum absolute atomic E-state index is 12.4. The van der Waals surface area contributed by atoms with Crippen molar-refractivity contribution in [3.63, 3.8) is 0 Å². The molecule has 1 unspecified atom stereocenters. The largest absolute Gasteiger partial charge is 0.497 e. The van der Waals surface area contributed by atoms with Gasteiger partial charge in [0, 0.05) is 10.6 Å². The third-order valence-corrected chi connectivity index (χ3v) is 3.54. The molecule has 0 spiro atoms. The fraction of sp³-hybridized carbons (Fsp3) is 0.176. The van der Waals surface area contributed by atoms with Gasteiger partial charge in [-0.05, 0) is 35.9 Å². The molecule has 2 aromatic rings. The quantitative estimate of drug-likeness (QED) is 0.850. The van der Waals surface area contributed by atoms with Gasteiger partial charge in [0.25, 0.3) is 5.91 Å². The molecule has 0 aliphatic heterocycles. The number of aliphatic carboxylic acids is 1. The van der Waals surface area contributed by atoms with Crippen molar-refractivity contribution in [3.05, 3.63) is 64.7 Å². The molecule has 0 radical (unpaired) electrons. The van der Waals surface area contributed by atoms with Gasteiger partial charge in [0.05, 0.1) is 19.6 Å². The highest BCUT2D eigenvalue weighted by Crippen LogP contribution is 2.21. The average Bonchev–Trinajstić information content (AvgIpc) is 2.54. The van der Waals surface area contributed by atoms with Gasteiger partial charge in [-0.1, -0.05) is 29.8 Å². The minimum Gasteiger partial charge on any atom is -0.497 e. The number of nitrogens with one attached hydrogen (secondary N) is 1. The summed E-state index contributed by atoms with van der Waals surface area (Å²) in [5.74, 6) is -0.820. The molecule has 0 aromatic heterocycles. The van der Waals surface area contributed by atoms with Gasteiger partial charge in [-0.2, -0.15) is 0 Å². The van der Waals surface area contributed by atoms with Crippen LogP contribution in [0.2, 0.25) is 5.02 Å². The van der Waals surface area contributed by atoms with Gasteiger partial charge in [0.1, 0.15) is 5.75 Å². The van der Waals surface area contributed by atoms with Crippen molar-refractivity contribution >= 4 is 23.5 Å². The first kappa shape index (κ1) is 16.8. The highest BCUT2D eigenvalue weighted by Gasteiger charge is 2.19. The number of carboxylic acid groups (broad SMARTS) is 1. The van der Waals surface area contributed by atoms with E-state index in [1.54, 1.807) is 48.5 Å². The van der Waals surface area contributed by atoms with Gasteiger partial charge < -0.3 is 15.2 Å². The van der Waals surface area contributed by atoms with Gasteiger partial charge in [-0.25, -0.2) is 0 Å². The molecule has 0 saturated carbocycles. The average molecular weight is 334 g/mol. The van der Waals surface area contributed by atoms with E-state index in [0.717, 1.165) is 0 Å². The molecule has 2 N–H and O–H groups in total. The summed E-state index contributed by atoms with van der Waals surface area (Å²) < 4.78 is 5.08. The van der Waals surface area contributed by atoms with Crippen LogP contribution in [-0.4, -0.2) is 24.1 Å². The molecule has 0 heterocycles. The summed E-state index contributed by atoms with van der Waals surface area (Å²) in [5, 5.41) is 12.3. The first-order chi connectivity index (χ1) is 11.0. The van der Waals surface area contributed by atoms with Crippen LogP contribution in [0, 0.1) is 0 Å². The monoisotopic (exact) mass is 333 g/mol. The Balaban J connectivity index is 2.21. The highest BCUT2D eigenvalue weighted by atomic mass is 35.5. The van der Waals surface area contributed by atoms with E-state index in [0.29, 0.717) is 21.9 Å². The number of carboxylic acids is 1. The van der Waals surface area contributed by atoms with Gasteiger partial charge in [-0.3, -0.25) is 9.59 Å². The van der Waals surface area contributed by atoms with Gasteiger partial charge in [0.2, 0.25) is 0 Å². The molecule has 0 aliphatic rings. The second-order valence-electron chi connectivity index (χ2n) is 4.91. The number of hydrogen-bond donors (Lipinski definition) is 2. The number of rotatable bonds is 6. The van der Waals surface area contributed by atoms with E-state index in [4.69, 9.17) is 21.4 Å². The summed E-state index contributed by atoms with van der Waals surface area (Å²) in [7, 11) is 1.51. The van der Waals surface area contributed by atoms with Crippen LogP contribution in [0.1, 0.15) is 28.4 Å². The maximum atomic E-state index is 12.4. The van der Waals surface area contributed by atoms with Crippen LogP contribution in [0.15, 0.2) is 48.5 Å². The molecule has 0 bridgehead atoms. The molecule has 120 valence electrons. The van der Waals surface area contributed by atoms with Crippen LogP contribution < -0.4 is 10.1 Å². The molecular weight excluding hydrogens is 318 g/mol. The van der Waals surface area contributed by atoms with E-state index in [1.807, 2.05) is 0 Å². The molecule has 2 aromatic carbocycles. The van der Waals surface area contributed by atoms with E-state index in [2.05, 4.69) is 5.32 Å². The Hall–Kier alpha value is -2.53. The van der Waals surface area contributed by atoms with Crippen LogP contribution in [0.5, 0.6) is 5.75 Å². The second-order valence-corrected chi connectivity index (χ2v) is 5.34. The molecule has 1 amide bonds. The zero-order valence-corrected chi connectivity index (χ0v) is 13.2. The lowest BCUT2D eigenvalue weighted by Gasteiger charge is -2.18. The first-order valence-corrected chi connectivity index (χ1v) is 7.29. The number of hydrogen-bond acceptors (Lipinski definition) is 3. The normalized spacial score (nSPS) is 11.6. The number of benzene rings is 2. The van der Waals surface area contributed by atoms with Crippen LogP contribution in [0.4, 0.5) is 0 Å². The summed E-state index contributed by atoms with van der Waals surface area (Å²) in [6.07, 6.45) is -0.225. The number of halogens is 1. The highest BCUT2D eigenvalue weighted by molar-refractivity contribution is 6.30. The number of methoxy groups -OCH3 is 1. The molecule has 0 saturated heterocycles. The Labute approximate surface area is 138 Å². The second kappa shape index (κ2) is 7.65. The molecule has 0 aliphatic carbocycles. The molecule has 6 heteroatoms. The Kier molecular flexibility index (Phi) is 5.60. The Morgan fingerprint density at radius 3 is 2.52 bits per heavy atom. The predicted molar refractivity (Wildman–Crippen MR) is 86.9 cm³/mol. The summed E-state index contributed by atoms with van der Waals surface area (Å²) in [6, 6.07) is 12.7. The third kappa shape index (κ3) is 4.72. The maximum Gasteiger partial charge on any atom is 0.305 e. The van der Waals surface area contributed by atoms with Gasteiger partial charge >= 0.3 is 5.97 Å². The molecule has 0 fully saturated rings. The lowest BCUT2D eigenvalue weighted by atomic mass is 10.0. The van der Waals surface area contributed by atoms with Crippen LogP contribution in [0.3, 0.4) is 0 Å². The summed E-state index contributed by atoms with van der Waals surface area (Å²) in [5.41, 5.74) is 1.07. The van der Waals surface area contributed by atoms with E-state index in [9.17, 15) is 9.59 Å². The van der Waals surface area contributed by atoms with E-state index >= 15 is 0 Å². The number of carbonyl (C=O) groups is 2. The van der Waals surface area contributed by atoms with Crippen LogP contribution >= 0.6 is 11.6 Å². The first-order valence-electron chi connectivity index (χ1n) is 6.92. The van der Waals surface area contributed by atoms with Crippen molar-refractivity contribution < 1.29 is 19.4 Å². The summed E-state index contributed by atoms with van der Waals surface area (Å²) in [6.45, 7) is 0. The summed E-state index contributed by atoms with van der Waals surface area (Å²) in [4.78, 5) is 23.4. The predicted octanol–water partition coefficient (Wildman–Crippen LogP) is 3.29. The number of amides is 1. The Bertz CT molecular complexity index is 700. The van der Waals surface area contributed by atoms with Crippen molar-refractivity contribution in [2.24, 2.45) is 0 Å². The zero-order valence-electron chi connectivity index (χ0n) is 12.5. The van der Waals surface area contributed by atoms with Crippen molar-refractivity contribution in [1.29, 1.82) is 0 Å². The lowest BCUT2D eigenvalue weighted by Crippen LogP contribution is -2.30. The molecule has 1 atom stereocenters. The number of carbonyl (C=O) groups excluding carboxylic acids is 1. The van der Waals surface area contributed by atoms with E-state index in [-0.39, 0.29) is 12.3 Å². The lowest BCUT2D eigenvalue weighted by molar-refractivity contribution is -0.137. The molecule has 23 heavy (non-hydrogen) atoms. The Morgan fingerprint density at radius 2 is 1.91 bits per heavy atom. The number of ether oxygens (including phenoxy) is 1. The van der Waals surface area contributed by atoms with Crippen molar-refractivity contribution in [2.75, 3.05) is 7.11 Å². The third-order valence-electron chi connectivity index (χ3n) is 3.29. The molecule has 5 nitrogen and oxygen atoms in total. The minimum absolute atomic E-state index is 0.225. The molecule has 2 rings (SSSR count). The Morgan fingerprint density at radius 1 is 1.22 bits per heavy atom. The fourth-order valence-electron chi connectivity index (χ4n) is 2.13. The van der Waals surface area contributed by atoms with Gasteiger partial charge in [-0.15, -0.1) is 0 Å². The minimum atomic E-state index is -1.00. The van der Waals surface area contributed by atoms with E-state index < -0.39 is 12.0 Å². The smallest absolute Gasteiger partial charge is 0.305 e. The summed E-state index contributed by atoms with van der Waals surface area (Å²) >= 11 is 5.84. The fourth-order valence-corrected chi connectivity index (χ4v) is 2.25. The standard InChI is InChI=1S/C17H16ClNO4/c1-23-14-4-2-3-12(9-14)17(22)19-15(10-16(20)21)11-5-7-13(18)8-6-11/h2-9,15H,10H2,1H3,(H,19,22)(H,20,21). The van der Waals surface area contributed by atoms with E-state index in [1.165, 1.54) is 7.11 Å². The zero-order chi connectivity index (χ0) is 16.8. The van der Waals surface area contributed by atoms with Crippen molar-refractivity contribution in [3.8, 4) is 5.75 Å². The van der Waals surface area contributed by atoms with Crippen LogP contribution in [-0.2, 0) is 4.79 Å². The SMILES string of the molecule is COc1cccc(C(=O)NC(CC(=O)O)c2ccc(Cl)cc2)c1. The van der Waals surface area contributed by atoms with Crippen molar-refractivity contribution in [2.45, 2.75) is 12.5 Å². The van der Waals surface area contributed by atoms with Crippen LogP contribution in [0.25, 0.3) is 0 Å².